The summed E-state index contributed by atoms with van der Waals surface area (Å²) in [5.41, 5.74) is 4.92. The Morgan fingerprint density at radius 3 is 2.59 bits per heavy atom. The van der Waals surface area contributed by atoms with E-state index in [-0.39, 0.29) is 17.1 Å². The highest BCUT2D eigenvalue weighted by molar-refractivity contribution is 5.92. The van der Waals surface area contributed by atoms with Gasteiger partial charge >= 0.3 is 5.97 Å². The van der Waals surface area contributed by atoms with Gasteiger partial charge in [0.15, 0.2) is 5.82 Å². The van der Waals surface area contributed by atoms with Crippen molar-refractivity contribution in [2.75, 3.05) is 0 Å². The van der Waals surface area contributed by atoms with Crippen molar-refractivity contribution in [3.8, 4) is 11.5 Å². The van der Waals surface area contributed by atoms with Gasteiger partial charge in [-0.05, 0) is 24.3 Å². The van der Waals surface area contributed by atoms with Gasteiger partial charge in [-0.25, -0.2) is 9.78 Å². The molecule has 0 unspecified atom stereocenters. The molecule has 9 heteroatoms. The summed E-state index contributed by atoms with van der Waals surface area (Å²) in [6.07, 6.45) is 0. The van der Waals surface area contributed by atoms with Gasteiger partial charge in [-0.15, -0.1) is 0 Å². The smallest absolute Gasteiger partial charge is 0.342 e. The molecule has 3 rings (SSSR count). The van der Waals surface area contributed by atoms with Crippen LogP contribution < -0.4 is 11.3 Å². The van der Waals surface area contributed by atoms with E-state index in [4.69, 9.17) is 10.5 Å². The Morgan fingerprint density at radius 1 is 1.15 bits per heavy atom. The van der Waals surface area contributed by atoms with E-state index in [1.54, 1.807) is 24.3 Å². The van der Waals surface area contributed by atoms with Crippen molar-refractivity contribution in [2.24, 2.45) is 5.73 Å². The van der Waals surface area contributed by atoms with Crippen molar-refractivity contribution in [1.82, 2.24) is 9.55 Å². The van der Waals surface area contributed by atoms with Crippen LogP contribution in [0.15, 0.2) is 47.3 Å². The normalized spacial score (nSPS) is 10.7. The van der Waals surface area contributed by atoms with Gasteiger partial charge in [0.05, 0.1) is 10.9 Å². The molecule has 0 aliphatic carbocycles. The molecule has 0 aliphatic heterocycles. The van der Waals surface area contributed by atoms with Crippen LogP contribution in [0.4, 0.5) is 0 Å². The number of rotatable bonds is 5. The molecule has 0 atom stereocenters. The number of aromatic nitrogens is 2. The number of aromatic hydroxyl groups is 2. The van der Waals surface area contributed by atoms with E-state index in [0.29, 0.717) is 10.9 Å². The standard InChI is InChI=1S/C18H15N3O6/c19-15(24)8-21-16(20-13-4-2-1-3-11(13)17(21)25)9-27-18(26)12-6-5-10(22)7-14(12)23/h1-7,22-23H,8-9H2,(H2,19,24). The van der Waals surface area contributed by atoms with E-state index >= 15 is 0 Å². The summed E-state index contributed by atoms with van der Waals surface area (Å²) in [6.45, 7) is -0.847. The van der Waals surface area contributed by atoms with Crippen LogP contribution in [-0.4, -0.2) is 31.6 Å². The second-order valence-corrected chi connectivity index (χ2v) is 5.68. The molecule has 1 aromatic heterocycles. The molecule has 138 valence electrons. The van der Waals surface area contributed by atoms with E-state index in [0.717, 1.165) is 10.6 Å². The Balaban J connectivity index is 1.94. The van der Waals surface area contributed by atoms with Crippen LogP contribution in [0, 0.1) is 0 Å². The number of benzene rings is 2. The molecule has 2 aromatic carbocycles. The molecule has 0 radical (unpaired) electrons. The third-order valence-electron chi connectivity index (χ3n) is 3.79. The Morgan fingerprint density at radius 2 is 1.89 bits per heavy atom. The van der Waals surface area contributed by atoms with Crippen molar-refractivity contribution in [2.45, 2.75) is 13.2 Å². The number of nitrogens with zero attached hydrogens (tertiary/aromatic N) is 2. The predicted octanol–water partition coefficient (Wildman–Crippen LogP) is 0.650. The van der Waals surface area contributed by atoms with Gasteiger partial charge < -0.3 is 20.7 Å². The molecule has 1 amide bonds. The zero-order valence-electron chi connectivity index (χ0n) is 14.0. The van der Waals surface area contributed by atoms with Crippen molar-refractivity contribution in [3.63, 3.8) is 0 Å². The van der Waals surface area contributed by atoms with E-state index in [1.165, 1.54) is 12.1 Å². The van der Waals surface area contributed by atoms with Crippen LogP contribution in [0.2, 0.25) is 0 Å². The number of phenols is 2. The number of nitrogens with two attached hydrogens (primary N) is 1. The lowest BCUT2D eigenvalue weighted by Gasteiger charge is -2.13. The van der Waals surface area contributed by atoms with Crippen LogP contribution in [0.1, 0.15) is 16.2 Å². The first-order chi connectivity index (χ1) is 12.9. The first-order valence-electron chi connectivity index (χ1n) is 7.82. The molecule has 3 aromatic rings. The van der Waals surface area contributed by atoms with Gasteiger partial charge in [-0.2, -0.15) is 0 Å². The number of ether oxygens (including phenoxy) is 1. The van der Waals surface area contributed by atoms with E-state index < -0.39 is 36.3 Å². The fourth-order valence-electron chi connectivity index (χ4n) is 2.54. The summed E-state index contributed by atoms with van der Waals surface area (Å²) in [7, 11) is 0. The van der Waals surface area contributed by atoms with Crippen molar-refractivity contribution in [1.29, 1.82) is 0 Å². The Bertz CT molecular complexity index is 1110. The summed E-state index contributed by atoms with van der Waals surface area (Å²) in [4.78, 5) is 40.3. The number of hydrogen-bond acceptors (Lipinski definition) is 7. The Kier molecular flexibility index (Phi) is 4.75. The summed E-state index contributed by atoms with van der Waals surface area (Å²) in [5.74, 6) is -2.28. The van der Waals surface area contributed by atoms with Crippen LogP contribution in [0.5, 0.6) is 11.5 Å². The molecule has 0 fully saturated rings. The molecule has 0 bridgehead atoms. The van der Waals surface area contributed by atoms with Crippen LogP contribution in [0.25, 0.3) is 10.9 Å². The molecule has 0 saturated heterocycles. The van der Waals surface area contributed by atoms with Gasteiger partial charge in [0.2, 0.25) is 5.91 Å². The van der Waals surface area contributed by atoms with Gasteiger partial charge in [-0.1, -0.05) is 12.1 Å². The highest BCUT2D eigenvalue weighted by Crippen LogP contribution is 2.23. The minimum Gasteiger partial charge on any atom is -0.508 e. The average molecular weight is 369 g/mol. The highest BCUT2D eigenvalue weighted by atomic mass is 16.5. The first-order valence-corrected chi connectivity index (χ1v) is 7.82. The number of phenolic OH excluding ortho intramolecular Hbond substituents is 2. The third kappa shape index (κ3) is 3.71. The van der Waals surface area contributed by atoms with Gasteiger partial charge in [0, 0.05) is 6.07 Å². The zero-order chi connectivity index (χ0) is 19.6. The number of para-hydroxylation sites is 1. The number of amides is 1. The predicted molar refractivity (Wildman–Crippen MR) is 94.1 cm³/mol. The lowest BCUT2D eigenvalue weighted by molar-refractivity contribution is -0.118. The largest absolute Gasteiger partial charge is 0.508 e. The van der Waals surface area contributed by atoms with E-state index in [1.807, 2.05) is 0 Å². The molecule has 1 heterocycles. The van der Waals surface area contributed by atoms with E-state index in [9.17, 15) is 24.6 Å². The highest BCUT2D eigenvalue weighted by Gasteiger charge is 2.17. The van der Waals surface area contributed by atoms with Crippen molar-refractivity contribution >= 4 is 22.8 Å². The quantitative estimate of drug-likeness (QED) is 0.560. The second kappa shape index (κ2) is 7.16. The van der Waals surface area contributed by atoms with Gasteiger partial charge in [0.25, 0.3) is 5.56 Å². The number of primary amides is 1. The second-order valence-electron chi connectivity index (χ2n) is 5.68. The SMILES string of the molecule is NC(=O)Cn1c(COC(=O)c2ccc(O)cc2O)nc2ccccc2c1=O. The number of fused-ring (bicyclic) bond motifs is 1. The molecule has 0 aliphatic rings. The van der Waals surface area contributed by atoms with E-state index in [2.05, 4.69) is 4.98 Å². The maximum atomic E-state index is 12.6. The maximum absolute atomic E-state index is 12.6. The fourth-order valence-corrected chi connectivity index (χ4v) is 2.54. The first kappa shape index (κ1) is 17.9. The molecule has 0 spiro atoms. The molecule has 9 nitrogen and oxygen atoms in total. The number of esters is 1. The Hall–Kier alpha value is -3.88. The molecular weight excluding hydrogens is 354 g/mol. The molecular formula is C18H15N3O6. The van der Waals surface area contributed by atoms with Gasteiger partial charge in [0.1, 0.15) is 30.2 Å². The summed E-state index contributed by atoms with van der Waals surface area (Å²) in [6, 6.07) is 9.93. The van der Waals surface area contributed by atoms with Crippen molar-refractivity contribution < 1.29 is 24.5 Å². The maximum Gasteiger partial charge on any atom is 0.342 e. The van der Waals surface area contributed by atoms with Crippen LogP contribution >= 0.6 is 0 Å². The molecule has 4 N–H and O–H groups in total. The zero-order valence-corrected chi connectivity index (χ0v) is 14.0. The number of carbonyl (C=O) groups is 2. The lowest BCUT2D eigenvalue weighted by Crippen LogP contribution is -2.32. The fraction of sp³-hybridized carbons (Fsp3) is 0.111. The van der Waals surface area contributed by atoms with Gasteiger partial charge in [-0.3, -0.25) is 14.2 Å². The number of hydrogen-bond donors (Lipinski definition) is 3. The summed E-state index contributed by atoms with van der Waals surface area (Å²) in [5, 5.41) is 19.3. The van der Waals surface area contributed by atoms with Crippen LogP contribution in [-0.2, 0) is 22.7 Å². The monoisotopic (exact) mass is 369 g/mol. The molecule has 27 heavy (non-hydrogen) atoms. The minimum absolute atomic E-state index is 0.0316. The minimum atomic E-state index is -0.888. The topological polar surface area (TPSA) is 145 Å². The molecule has 0 saturated carbocycles. The Labute approximate surface area is 152 Å². The lowest BCUT2D eigenvalue weighted by atomic mass is 10.2. The summed E-state index contributed by atoms with van der Waals surface area (Å²) >= 11 is 0. The van der Waals surface area contributed by atoms with Crippen molar-refractivity contribution in [3.05, 3.63) is 64.2 Å². The average Bonchev–Trinajstić information content (AvgIpc) is 2.62. The summed E-state index contributed by atoms with van der Waals surface area (Å²) < 4.78 is 6.14. The third-order valence-corrected chi connectivity index (χ3v) is 3.79. The number of carbonyl (C=O) groups excluding carboxylic acids is 2. The van der Waals surface area contributed by atoms with Crippen LogP contribution in [0.3, 0.4) is 0 Å².